The summed E-state index contributed by atoms with van der Waals surface area (Å²) in [5, 5.41) is 2.71. The van der Waals surface area contributed by atoms with Crippen LogP contribution in [0.4, 0.5) is 14.5 Å². The zero-order valence-corrected chi connectivity index (χ0v) is 8.35. The molecule has 0 aliphatic rings. The van der Waals surface area contributed by atoms with Crippen LogP contribution in [0.2, 0.25) is 0 Å². The van der Waals surface area contributed by atoms with E-state index in [1.165, 1.54) is 6.07 Å². The molecule has 0 radical (unpaired) electrons. The number of benzene rings is 1. The van der Waals surface area contributed by atoms with Gasteiger partial charge in [0.1, 0.15) is 5.75 Å². The first-order valence-corrected chi connectivity index (χ1v) is 4.35. The fourth-order valence-corrected chi connectivity index (χ4v) is 1.04. The van der Waals surface area contributed by atoms with Gasteiger partial charge >= 0.3 is 6.61 Å². The minimum absolute atomic E-state index is 0.00472. The Hall–Kier alpha value is -1.47. The van der Waals surface area contributed by atoms with Crippen LogP contribution < -0.4 is 21.3 Å². The van der Waals surface area contributed by atoms with Crippen molar-refractivity contribution in [2.75, 3.05) is 5.32 Å². The van der Waals surface area contributed by atoms with Crippen molar-refractivity contribution in [3.63, 3.8) is 0 Å². The number of alkyl halides is 2. The van der Waals surface area contributed by atoms with Crippen molar-refractivity contribution >= 4 is 23.0 Å². The van der Waals surface area contributed by atoms with E-state index < -0.39 is 6.61 Å². The Balaban J connectivity index is 2.81. The molecule has 1 rings (SSSR count). The van der Waals surface area contributed by atoms with Crippen LogP contribution in [0.3, 0.4) is 0 Å². The summed E-state index contributed by atoms with van der Waals surface area (Å²) < 4.78 is 28.3. The normalized spacial score (nSPS) is 9.87. The second-order valence-corrected chi connectivity index (χ2v) is 2.88. The lowest BCUT2D eigenvalue weighted by atomic mass is 10.3. The van der Waals surface area contributed by atoms with Crippen molar-refractivity contribution in [1.29, 1.82) is 0 Å². The van der Waals surface area contributed by atoms with E-state index in [9.17, 15) is 8.78 Å². The second-order valence-electron chi connectivity index (χ2n) is 2.47. The lowest BCUT2D eigenvalue weighted by molar-refractivity contribution is -0.0493. The highest BCUT2D eigenvalue weighted by atomic mass is 32.1. The number of ether oxygens (including phenoxy) is 1. The molecule has 1 aromatic carbocycles. The number of hydrazine groups is 1. The van der Waals surface area contributed by atoms with E-state index in [4.69, 9.17) is 18.1 Å². The minimum Gasteiger partial charge on any atom is -0.433 e. The minimum atomic E-state index is -2.88. The van der Waals surface area contributed by atoms with Crippen LogP contribution in [-0.2, 0) is 0 Å². The average Bonchev–Trinajstić information content (AvgIpc) is 2.20. The van der Waals surface area contributed by atoms with Crippen molar-refractivity contribution in [2.45, 2.75) is 6.61 Å². The zero-order valence-electron chi connectivity index (χ0n) is 7.54. The van der Waals surface area contributed by atoms with Gasteiger partial charge in [-0.15, -0.1) is 0 Å². The predicted octanol–water partition coefficient (Wildman–Crippen LogP) is 1.45. The number of halogens is 2. The van der Waals surface area contributed by atoms with Gasteiger partial charge in [0.2, 0.25) is 0 Å². The zero-order chi connectivity index (χ0) is 11.3. The molecule has 0 atom stereocenters. The number of nitrogens with one attached hydrogen (secondary N) is 2. The molecule has 4 N–H and O–H groups in total. The summed E-state index contributed by atoms with van der Waals surface area (Å²) in [6.07, 6.45) is 0. The standard InChI is InChI=1S/C8H9F2N3OS/c9-7(10)14-6-4-2-1-3-5(6)12-8(15)13-11/h1-4,7H,11H2,(H2,12,13,15). The monoisotopic (exact) mass is 233 g/mol. The van der Waals surface area contributed by atoms with Crippen LogP contribution in [0.5, 0.6) is 5.75 Å². The topological polar surface area (TPSA) is 59.3 Å². The SMILES string of the molecule is NNC(=S)Nc1ccccc1OC(F)F. The van der Waals surface area contributed by atoms with Crippen LogP contribution in [0.15, 0.2) is 24.3 Å². The van der Waals surface area contributed by atoms with Crippen molar-refractivity contribution in [2.24, 2.45) is 5.84 Å². The molecule has 0 unspecified atom stereocenters. The molecular weight excluding hydrogens is 224 g/mol. The van der Waals surface area contributed by atoms with E-state index >= 15 is 0 Å². The van der Waals surface area contributed by atoms with Crippen LogP contribution in [0.25, 0.3) is 0 Å². The van der Waals surface area contributed by atoms with Gasteiger partial charge in [-0.1, -0.05) is 12.1 Å². The molecule has 0 heterocycles. The number of thiocarbonyl (C=S) groups is 1. The number of hydrogen-bond donors (Lipinski definition) is 3. The van der Waals surface area contributed by atoms with Gasteiger partial charge in [0, 0.05) is 0 Å². The largest absolute Gasteiger partial charge is 0.433 e. The van der Waals surface area contributed by atoms with Crippen molar-refractivity contribution in [1.82, 2.24) is 5.43 Å². The van der Waals surface area contributed by atoms with Crippen LogP contribution in [-0.4, -0.2) is 11.7 Å². The molecule has 15 heavy (non-hydrogen) atoms. The van der Waals surface area contributed by atoms with E-state index in [1.807, 2.05) is 0 Å². The highest BCUT2D eigenvalue weighted by molar-refractivity contribution is 7.80. The molecule has 0 aliphatic carbocycles. The lowest BCUT2D eigenvalue weighted by Crippen LogP contribution is -2.34. The third-order valence-electron chi connectivity index (χ3n) is 1.48. The highest BCUT2D eigenvalue weighted by Gasteiger charge is 2.09. The summed E-state index contributed by atoms with van der Waals surface area (Å²) in [7, 11) is 0. The van der Waals surface area contributed by atoms with Crippen molar-refractivity contribution in [3.8, 4) is 5.75 Å². The fraction of sp³-hybridized carbons (Fsp3) is 0.125. The number of anilines is 1. The quantitative estimate of drug-likeness (QED) is 0.419. The Morgan fingerprint density at radius 3 is 2.67 bits per heavy atom. The molecular formula is C8H9F2N3OS. The summed E-state index contributed by atoms with van der Waals surface area (Å²) in [5.41, 5.74) is 2.49. The molecule has 0 fully saturated rings. The smallest absolute Gasteiger partial charge is 0.387 e. The van der Waals surface area contributed by atoms with Crippen LogP contribution in [0, 0.1) is 0 Å². The molecule has 0 saturated heterocycles. The summed E-state index contributed by atoms with van der Waals surface area (Å²) in [6, 6.07) is 6.16. The number of hydrogen-bond acceptors (Lipinski definition) is 3. The van der Waals surface area contributed by atoms with E-state index in [-0.39, 0.29) is 10.9 Å². The van der Waals surface area contributed by atoms with Crippen LogP contribution >= 0.6 is 12.2 Å². The fourth-order valence-electron chi connectivity index (χ4n) is 0.927. The van der Waals surface area contributed by atoms with Gasteiger partial charge in [-0.25, -0.2) is 5.84 Å². The maximum Gasteiger partial charge on any atom is 0.387 e. The summed E-state index contributed by atoms with van der Waals surface area (Å²) in [6.45, 7) is -2.88. The maximum absolute atomic E-state index is 12.0. The van der Waals surface area contributed by atoms with Gasteiger partial charge in [0.15, 0.2) is 5.11 Å². The third kappa shape index (κ3) is 3.64. The molecule has 0 amide bonds. The van der Waals surface area contributed by atoms with Gasteiger partial charge < -0.3 is 15.5 Å². The highest BCUT2D eigenvalue weighted by Crippen LogP contribution is 2.25. The van der Waals surface area contributed by atoms with Gasteiger partial charge in [-0.2, -0.15) is 8.78 Å². The Labute approximate surface area is 90.4 Å². The van der Waals surface area contributed by atoms with Gasteiger partial charge in [-0.3, -0.25) is 0 Å². The Bertz CT molecular complexity index is 348. The number of nitrogens with two attached hydrogens (primary N) is 1. The Morgan fingerprint density at radius 1 is 1.40 bits per heavy atom. The molecule has 1 aromatic rings. The van der Waals surface area contributed by atoms with Crippen molar-refractivity contribution < 1.29 is 13.5 Å². The van der Waals surface area contributed by atoms with Crippen molar-refractivity contribution in [3.05, 3.63) is 24.3 Å². The summed E-state index contributed by atoms with van der Waals surface area (Å²) in [5.74, 6) is 5.03. The predicted molar refractivity (Wildman–Crippen MR) is 56.6 cm³/mol. The maximum atomic E-state index is 12.0. The molecule has 0 bridgehead atoms. The Morgan fingerprint density at radius 2 is 2.07 bits per heavy atom. The second kappa shape index (κ2) is 5.42. The summed E-state index contributed by atoms with van der Waals surface area (Å²) >= 11 is 4.72. The van der Waals surface area contributed by atoms with E-state index in [2.05, 4.69) is 15.5 Å². The number of rotatable bonds is 3. The Kier molecular flexibility index (Phi) is 4.19. The molecule has 0 saturated carbocycles. The average molecular weight is 233 g/mol. The molecule has 0 spiro atoms. The molecule has 0 aromatic heterocycles. The van der Waals surface area contributed by atoms with Gasteiger partial charge in [0.05, 0.1) is 5.69 Å². The first-order valence-electron chi connectivity index (χ1n) is 3.95. The first kappa shape index (κ1) is 11.6. The van der Waals surface area contributed by atoms with Gasteiger partial charge in [-0.05, 0) is 24.4 Å². The molecule has 7 heteroatoms. The molecule has 82 valence electrons. The molecule has 4 nitrogen and oxygen atoms in total. The summed E-state index contributed by atoms with van der Waals surface area (Å²) in [4.78, 5) is 0. The number of para-hydroxylation sites is 2. The van der Waals surface area contributed by atoms with E-state index in [1.54, 1.807) is 18.2 Å². The van der Waals surface area contributed by atoms with E-state index in [0.717, 1.165) is 0 Å². The van der Waals surface area contributed by atoms with E-state index in [0.29, 0.717) is 5.69 Å². The van der Waals surface area contributed by atoms with Gasteiger partial charge in [0.25, 0.3) is 0 Å². The van der Waals surface area contributed by atoms with Crippen LogP contribution in [0.1, 0.15) is 0 Å². The lowest BCUT2D eigenvalue weighted by Gasteiger charge is -2.12. The molecule has 0 aliphatic heterocycles. The third-order valence-corrected chi connectivity index (χ3v) is 1.70. The first-order chi connectivity index (χ1) is 7.13.